The maximum Gasteiger partial charge on any atom is 0.321 e. The number of hydrogen-bond donors (Lipinski definition) is 1. The molecule has 0 spiro atoms. The largest absolute Gasteiger partial charge is 0.480 e. The Morgan fingerprint density at radius 1 is 1.44 bits per heavy atom. The predicted octanol–water partition coefficient (Wildman–Crippen LogP) is 2.12. The van der Waals surface area contributed by atoms with Crippen molar-refractivity contribution in [3.63, 3.8) is 0 Å². The molecule has 1 aromatic carbocycles. The van der Waals surface area contributed by atoms with Crippen LogP contribution in [0.25, 0.3) is 0 Å². The number of hydrogen-bond acceptors (Lipinski definition) is 2. The molecule has 18 heavy (non-hydrogen) atoms. The molecule has 1 aromatic rings. The first-order valence-corrected chi connectivity index (χ1v) is 6.71. The minimum atomic E-state index is -0.660. The molecule has 96 valence electrons. The first kappa shape index (κ1) is 11.7. The van der Waals surface area contributed by atoms with Crippen molar-refractivity contribution >= 4 is 5.97 Å². The van der Waals surface area contributed by atoms with Gasteiger partial charge in [0.05, 0.1) is 0 Å². The lowest BCUT2D eigenvalue weighted by molar-refractivity contribution is -0.143. The van der Waals surface area contributed by atoms with Gasteiger partial charge < -0.3 is 5.11 Å². The van der Waals surface area contributed by atoms with Crippen LogP contribution < -0.4 is 0 Å². The summed E-state index contributed by atoms with van der Waals surface area (Å²) in [4.78, 5) is 13.5. The van der Waals surface area contributed by atoms with Crippen LogP contribution in [0.15, 0.2) is 24.3 Å². The van der Waals surface area contributed by atoms with Crippen molar-refractivity contribution < 1.29 is 9.90 Å². The molecule has 0 amide bonds. The lowest BCUT2D eigenvalue weighted by Crippen LogP contribution is -2.42. The van der Waals surface area contributed by atoms with Gasteiger partial charge in [-0.1, -0.05) is 31.2 Å². The van der Waals surface area contributed by atoms with E-state index in [2.05, 4.69) is 29.2 Å². The van der Waals surface area contributed by atoms with Gasteiger partial charge in [0.2, 0.25) is 0 Å². The number of nitrogens with zero attached hydrogens (tertiary/aromatic N) is 1. The van der Waals surface area contributed by atoms with Crippen LogP contribution in [-0.2, 0) is 11.2 Å². The van der Waals surface area contributed by atoms with Crippen LogP contribution in [0.4, 0.5) is 0 Å². The average Bonchev–Trinajstić information content (AvgIpc) is 2.67. The molecule has 3 unspecified atom stereocenters. The predicted molar refractivity (Wildman–Crippen MR) is 69.7 cm³/mol. The molecule has 1 aliphatic heterocycles. The van der Waals surface area contributed by atoms with Crippen molar-refractivity contribution in [3.8, 4) is 0 Å². The monoisotopic (exact) mass is 245 g/mol. The molecule has 0 aromatic heterocycles. The maximum atomic E-state index is 11.3. The van der Waals surface area contributed by atoms with E-state index in [0.29, 0.717) is 5.92 Å². The standard InChI is InChI=1S/C15H19NO2/c1-10-6-7-16(14(10)15(17)18)9-12-8-11-4-2-3-5-13(11)12/h2-5,10,12,14H,6-9H2,1H3,(H,17,18). The molecule has 1 heterocycles. The SMILES string of the molecule is CC1CCN(CC2Cc3ccccc32)C1C(=O)O. The van der Waals surface area contributed by atoms with Gasteiger partial charge in [-0.25, -0.2) is 0 Å². The van der Waals surface area contributed by atoms with E-state index >= 15 is 0 Å². The molecule has 0 bridgehead atoms. The van der Waals surface area contributed by atoms with Gasteiger partial charge in [-0.15, -0.1) is 0 Å². The van der Waals surface area contributed by atoms with E-state index in [9.17, 15) is 9.90 Å². The van der Waals surface area contributed by atoms with E-state index in [4.69, 9.17) is 0 Å². The third-order valence-electron chi connectivity index (χ3n) is 4.47. The molecule has 3 heteroatoms. The van der Waals surface area contributed by atoms with Crippen LogP contribution in [0.3, 0.4) is 0 Å². The molecular weight excluding hydrogens is 226 g/mol. The fraction of sp³-hybridized carbons (Fsp3) is 0.533. The zero-order valence-electron chi connectivity index (χ0n) is 10.7. The number of carboxylic acid groups (broad SMARTS) is 1. The quantitative estimate of drug-likeness (QED) is 0.886. The Morgan fingerprint density at radius 3 is 2.94 bits per heavy atom. The van der Waals surface area contributed by atoms with Crippen molar-refractivity contribution in [2.75, 3.05) is 13.1 Å². The van der Waals surface area contributed by atoms with E-state index in [0.717, 1.165) is 25.9 Å². The molecule has 2 aliphatic rings. The second kappa shape index (κ2) is 4.39. The molecular formula is C15H19NO2. The first-order valence-electron chi connectivity index (χ1n) is 6.71. The summed E-state index contributed by atoms with van der Waals surface area (Å²) in [6, 6.07) is 8.23. The van der Waals surface area contributed by atoms with Crippen molar-refractivity contribution in [3.05, 3.63) is 35.4 Å². The van der Waals surface area contributed by atoms with Gasteiger partial charge in [0.15, 0.2) is 0 Å². The Balaban J connectivity index is 1.70. The highest BCUT2D eigenvalue weighted by atomic mass is 16.4. The highest BCUT2D eigenvalue weighted by molar-refractivity contribution is 5.74. The van der Waals surface area contributed by atoms with Crippen LogP contribution in [0, 0.1) is 5.92 Å². The number of carbonyl (C=O) groups is 1. The van der Waals surface area contributed by atoms with E-state index in [-0.39, 0.29) is 12.0 Å². The fourth-order valence-electron chi connectivity index (χ4n) is 3.44. The second-order valence-electron chi connectivity index (χ2n) is 5.64. The number of rotatable bonds is 3. The van der Waals surface area contributed by atoms with Gasteiger partial charge in [-0.05, 0) is 36.4 Å². The fourth-order valence-corrected chi connectivity index (χ4v) is 3.44. The van der Waals surface area contributed by atoms with E-state index < -0.39 is 5.97 Å². The van der Waals surface area contributed by atoms with Crippen molar-refractivity contribution in [1.82, 2.24) is 4.90 Å². The van der Waals surface area contributed by atoms with Crippen molar-refractivity contribution in [2.45, 2.75) is 31.7 Å². The Labute approximate surface area is 107 Å². The van der Waals surface area contributed by atoms with Gasteiger partial charge in [0.25, 0.3) is 0 Å². The molecule has 3 atom stereocenters. The smallest absolute Gasteiger partial charge is 0.321 e. The van der Waals surface area contributed by atoms with Crippen LogP contribution >= 0.6 is 0 Å². The Morgan fingerprint density at radius 2 is 2.22 bits per heavy atom. The molecule has 1 aliphatic carbocycles. The number of carboxylic acids is 1. The first-order chi connectivity index (χ1) is 8.66. The zero-order chi connectivity index (χ0) is 12.7. The van der Waals surface area contributed by atoms with Crippen LogP contribution in [-0.4, -0.2) is 35.1 Å². The second-order valence-corrected chi connectivity index (χ2v) is 5.64. The Kier molecular flexibility index (Phi) is 2.86. The lowest BCUT2D eigenvalue weighted by atomic mass is 9.77. The third-order valence-corrected chi connectivity index (χ3v) is 4.47. The maximum absolute atomic E-state index is 11.3. The number of benzene rings is 1. The van der Waals surface area contributed by atoms with Crippen LogP contribution in [0.5, 0.6) is 0 Å². The molecule has 3 nitrogen and oxygen atoms in total. The summed E-state index contributed by atoms with van der Waals surface area (Å²) in [7, 11) is 0. The Hall–Kier alpha value is -1.35. The minimum absolute atomic E-state index is 0.276. The number of aliphatic carboxylic acids is 1. The molecule has 1 fully saturated rings. The highest BCUT2D eigenvalue weighted by Crippen LogP contribution is 2.37. The molecule has 3 rings (SSSR count). The van der Waals surface area contributed by atoms with Crippen molar-refractivity contribution in [2.24, 2.45) is 5.92 Å². The summed E-state index contributed by atoms with van der Waals surface area (Å²) in [6.45, 7) is 3.88. The van der Waals surface area contributed by atoms with E-state index in [1.54, 1.807) is 0 Å². The number of fused-ring (bicyclic) bond motifs is 1. The zero-order valence-corrected chi connectivity index (χ0v) is 10.7. The lowest BCUT2D eigenvalue weighted by Gasteiger charge is -2.35. The summed E-state index contributed by atoms with van der Waals surface area (Å²) < 4.78 is 0. The number of likely N-dealkylation sites (tertiary alicyclic amines) is 1. The summed E-state index contributed by atoms with van der Waals surface area (Å²) in [6.07, 6.45) is 2.11. The van der Waals surface area contributed by atoms with Crippen LogP contribution in [0.1, 0.15) is 30.4 Å². The van der Waals surface area contributed by atoms with E-state index in [1.807, 2.05) is 6.92 Å². The molecule has 0 radical (unpaired) electrons. The molecule has 1 saturated heterocycles. The normalized spacial score (nSPS) is 30.8. The highest BCUT2D eigenvalue weighted by Gasteiger charge is 2.39. The topological polar surface area (TPSA) is 40.5 Å². The average molecular weight is 245 g/mol. The van der Waals surface area contributed by atoms with Gasteiger partial charge in [-0.2, -0.15) is 0 Å². The Bertz CT molecular complexity index is 471. The van der Waals surface area contributed by atoms with Gasteiger partial charge >= 0.3 is 5.97 Å². The molecule has 1 N–H and O–H groups in total. The van der Waals surface area contributed by atoms with Gasteiger partial charge in [0, 0.05) is 12.5 Å². The summed E-state index contributed by atoms with van der Waals surface area (Å²) in [5.41, 5.74) is 2.85. The van der Waals surface area contributed by atoms with Gasteiger partial charge in [0.1, 0.15) is 6.04 Å². The minimum Gasteiger partial charge on any atom is -0.480 e. The summed E-state index contributed by atoms with van der Waals surface area (Å²) in [5.74, 6) is 0.152. The van der Waals surface area contributed by atoms with Crippen molar-refractivity contribution in [1.29, 1.82) is 0 Å². The third kappa shape index (κ3) is 1.83. The molecule has 0 saturated carbocycles. The van der Waals surface area contributed by atoms with Gasteiger partial charge in [-0.3, -0.25) is 9.69 Å². The summed E-state index contributed by atoms with van der Waals surface area (Å²) in [5, 5.41) is 9.31. The summed E-state index contributed by atoms with van der Waals surface area (Å²) >= 11 is 0. The van der Waals surface area contributed by atoms with Crippen LogP contribution in [0.2, 0.25) is 0 Å². The van der Waals surface area contributed by atoms with E-state index in [1.165, 1.54) is 11.1 Å².